The van der Waals surface area contributed by atoms with Crippen LogP contribution in [0.3, 0.4) is 0 Å². The number of carbonyl (C=O) groups excluding carboxylic acids is 2. The Morgan fingerprint density at radius 3 is 2.44 bits per heavy atom. The van der Waals surface area contributed by atoms with Crippen LogP contribution in [0.2, 0.25) is 0 Å². The van der Waals surface area contributed by atoms with Crippen molar-refractivity contribution in [3.8, 4) is 0 Å². The highest BCUT2D eigenvalue weighted by molar-refractivity contribution is 7.21. The quantitative estimate of drug-likeness (QED) is 0.117. The lowest BCUT2D eigenvalue weighted by atomic mass is 9.32. The number of thiophene rings is 2. The van der Waals surface area contributed by atoms with E-state index in [-0.39, 0.29) is 47.1 Å². The van der Waals surface area contributed by atoms with E-state index < -0.39 is 22.5 Å². The minimum absolute atomic E-state index is 0.0157. The van der Waals surface area contributed by atoms with Crippen LogP contribution >= 0.6 is 22.7 Å². The van der Waals surface area contributed by atoms with Crippen molar-refractivity contribution in [3.63, 3.8) is 0 Å². The van der Waals surface area contributed by atoms with Gasteiger partial charge in [0.15, 0.2) is 5.78 Å². The number of amides is 2. The van der Waals surface area contributed by atoms with Crippen LogP contribution in [0.15, 0.2) is 102 Å². The Morgan fingerprint density at radius 1 is 0.926 bits per heavy atom. The Morgan fingerprint density at radius 2 is 1.67 bits per heavy atom. The van der Waals surface area contributed by atoms with Gasteiger partial charge in [0.25, 0.3) is 0 Å². The summed E-state index contributed by atoms with van der Waals surface area (Å²) in [6.07, 6.45) is 12.7. The molecule has 0 saturated heterocycles. The van der Waals surface area contributed by atoms with Crippen LogP contribution in [-0.4, -0.2) is 51.7 Å². The van der Waals surface area contributed by atoms with Crippen molar-refractivity contribution in [2.45, 2.75) is 89.9 Å². The van der Waals surface area contributed by atoms with Gasteiger partial charge in [0.1, 0.15) is 0 Å². The summed E-state index contributed by atoms with van der Waals surface area (Å²) in [5.74, 6) is 0.326. The number of allylic oxidation sites excluding steroid dienone is 4. The van der Waals surface area contributed by atoms with Gasteiger partial charge >= 0.3 is 6.03 Å². The van der Waals surface area contributed by atoms with Gasteiger partial charge in [-0.3, -0.25) is 4.79 Å². The zero-order valence-corrected chi connectivity index (χ0v) is 33.2. The molecule has 4 aromatic rings. The van der Waals surface area contributed by atoms with Crippen molar-refractivity contribution in [1.82, 2.24) is 10.2 Å². The Balaban J connectivity index is 1.09. The molecule has 6 aliphatic carbocycles. The van der Waals surface area contributed by atoms with E-state index in [0.29, 0.717) is 19.4 Å². The van der Waals surface area contributed by atoms with Gasteiger partial charge in [-0.1, -0.05) is 86.7 Å². The first kappa shape index (κ1) is 36.1. The molecule has 2 aromatic carbocycles. The van der Waals surface area contributed by atoms with Gasteiger partial charge in [0.05, 0.1) is 29.2 Å². The van der Waals surface area contributed by atoms with Gasteiger partial charge in [-0.2, -0.15) is 0 Å². The summed E-state index contributed by atoms with van der Waals surface area (Å²) in [6.45, 7) is 7.43. The smallest absolute Gasteiger partial charge is 0.317 e. The Bertz CT molecular complexity index is 2110. The van der Waals surface area contributed by atoms with Crippen molar-refractivity contribution < 1.29 is 19.8 Å². The summed E-state index contributed by atoms with van der Waals surface area (Å²) in [5, 5.41) is 30.7. The van der Waals surface area contributed by atoms with Crippen LogP contribution in [0.5, 0.6) is 0 Å². The molecule has 6 nitrogen and oxygen atoms in total. The fourth-order valence-corrected chi connectivity index (χ4v) is 13.9. The zero-order valence-electron chi connectivity index (χ0n) is 31.6. The first-order valence-corrected chi connectivity index (χ1v) is 21.6. The molecule has 10 rings (SSSR count). The maximum Gasteiger partial charge on any atom is 0.317 e. The fourth-order valence-electron chi connectivity index (χ4n) is 12.2. The van der Waals surface area contributed by atoms with Crippen molar-refractivity contribution in [2.24, 2.45) is 33.5 Å². The van der Waals surface area contributed by atoms with Crippen molar-refractivity contribution in [3.05, 3.63) is 117 Å². The molecule has 2 aromatic heterocycles. The van der Waals surface area contributed by atoms with Crippen molar-refractivity contribution >= 4 is 44.6 Å². The molecule has 9 unspecified atom stereocenters. The van der Waals surface area contributed by atoms with Crippen LogP contribution < -0.4 is 5.32 Å². The van der Waals surface area contributed by atoms with E-state index in [9.17, 15) is 15.0 Å². The van der Waals surface area contributed by atoms with Crippen LogP contribution in [0.25, 0.3) is 10.1 Å². The molecule has 2 bridgehead atoms. The van der Waals surface area contributed by atoms with Gasteiger partial charge in [-0.15, -0.1) is 22.7 Å². The predicted octanol–water partition coefficient (Wildman–Crippen LogP) is 9.75. The number of carbonyl (C=O) groups is 2. The fraction of sp³-hybridized carbons (Fsp3) is 0.478. The number of fused-ring (bicyclic) bond motifs is 2. The summed E-state index contributed by atoms with van der Waals surface area (Å²) < 4.78 is 1.11. The van der Waals surface area contributed by atoms with E-state index in [1.165, 1.54) is 4.88 Å². The van der Waals surface area contributed by atoms with Crippen LogP contribution in [-0.2, 0) is 6.42 Å². The normalized spacial score (nSPS) is 35.5. The molecule has 8 heteroatoms. The van der Waals surface area contributed by atoms with E-state index in [2.05, 4.69) is 67.0 Å². The minimum Gasteiger partial charge on any atom is -0.393 e. The number of aliphatic hydroxyl groups is 2. The summed E-state index contributed by atoms with van der Waals surface area (Å²) >= 11 is 3.26. The number of nitrogens with zero attached hydrogens (tertiary/aromatic N) is 1. The van der Waals surface area contributed by atoms with Crippen molar-refractivity contribution in [1.29, 1.82) is 0 Å². The Kier molecular flexibility index (Phi) is 8.70. The van der Waals surface area contributed by atoms with Crippen molar-refractivity contribution in [2.75, 3.05) is 13.1 Å². The lowest BCUT2D eigenvalue weighted by Crippen LogP contribution is -2.67. The molecule has 54 heavy (non-hydrogen) atoms. The molecule has 9 atom stereocenters. The molecule has 3 N–H and O–H groups in total. The van der Waals surface area contributed by atoms with Crippen LogP contribution in [0.4, 0.5) is 4.79 Å². The lowest BCUT2D eigenvalue weighted by molar-refractivity contribution is -0.174. The lowest BCUT2D eigenvalue weighted by Gasteiger charge is -2.71. The van der Waals surface area contributed by atoms with Crippen LogP contribution in [0, 0.1) is 33.5 Å². The van der Waals surface area contributed by atoms with Gasteiger partial charge in [-0.25, -0.2) is 4.79 Å². The molecular formula is C46H52N2O4S2. The second-order valence-electron chi connectivity index (χ2n) is 17.6. The van der Waals surface area contributed by atoms with Gasteiger partial charge in [0.2, 0.25) is 0 Å². The highest BCUT2D eigenvalue weighted by atomic mass is 32.1. The van der Waals surface area contributed by atoms with Crippen LogP contribution in [0.1, 0.15) is 91.9 Å². The number of Topliss-reactive ketones (excluding diaryl/α,β-unsaturated/α-hetero) is 1. The number of hydrogen-bond acceptors (Lipinski definition) is 6. The third-order valence-electron chi connectivity index (χ3n) is 15.2. The molecule has 3 saturated carbocycles. The molecule has 2 amide bonds. The first-order chi connectivity index (χ1) is 25.9. The second kappa shape index (κ2) is 13.0. The van der Waals surface area contributed by atoms with E-state index in [4.69, 9.17) is 0 Å². The number of rotatable bonds is 9. The molecule has 6 aliphatic rings. The summed E-state index contributed by atoms with van der Waals surface area (Å²) in [6, 6.07) is 24.1. The predicted molar refractivity (Wildman–Crippen MR) is 218 cm³/mol. The maximum atomic E-state index is 15.1. The highest BCUT2D eigenvalue weighted by Crippen LogP contribution is 2.78. The first-order valence-electron chi connectivity index (χ1n) is 19.9. The molecule has 282 valence electrons. The topological polar surface area (TPSA) is 89.9 Å². The van der Waals surface area contributed by atoms with E-state index in [0.717, 1.165) is 64.6 Å². The van der Waals surface area contributed by atoms with E-state index in [1.807, 2.05) is 60.4 Å². The number of aliphatic hydroxyl groups excluding tert-OH is 1. The number of hydrogen-bond donors (Lipinski definition) is 3. The number of urea groups is 1. The van der Waals surface area contributed by atoms with Gasteiger partial charge in [-0.05, 0) is 110 Å². The minimum atomic E-state index is -1.14. The molecular weight excluding hydrogens is 709 g/mol. The maximum absolute atomic E-state index is 15.1. The average Bonchev–Trinajstić information content (AvgIpc) is 3.91. The molecule has 0 aliphatic heterocycles. The summed E-state index contributed by atoms with van der Waals surface area (Å²) in [7, 11) is 0. The van der Waals surface area contributed by atoms with E-state index in [1.54, 1.807) is 22.7 Å². The third kappa shape index (κ3) is 5.30. The molecule has 0 radical (unpaired) electrons. The van der Waals surface area contributed by atoms with Gasteiger partial charge in [0, 0.05) is 37.9 Å². The highest BCUT2D eigenvalue weighted by Gasteiger charge is 2.74. The summed E-state index contributed by atoms with van der Waals surface area (Å²) in [4.78, 5) is 33.2. The number of benzene rings is 2. The third-order valence-corrected chi connectivity index (χ3v) is 17.2. The zero-order chi connectivity index (χ0) is 37.5. The standard InChI is InChI=1S/C46H52N2O4S2/c1-30(31-10-5-4-6-11-31)47-41(51)48(24-18-34-13-9-25-53-34)29-45(52)21-17-39-43(45,3)20-16-38-42(2)19-15-33(49)27-44(42)22-23-46(38,39)35(28-44)40(50)37-26-32-12-7-8-14-36(32)54-37/h4-14,22-23,25-26,28,30,33,38-39,49,52H,15-21,24,27,29H2,1-3H3,(H,47,51). The summed E-state index contributed by atoms with van der Waals surface area (Å²) in [5.41, 5.74) is -0.804. The largest absolute Gasteiger partial charge is 0.393 e. The Labute approximate surface area is 327 Å². The van der Waals surface area contributed by atoms with E-state index >= 15 is 4.79 Å². The SMILES string of the molecule is CC(NC(=O)N(CCc1cccs1)CC1(O)CCC2C34C=CC5(C=C3C(=O)c3cc6ccccc6s3)CC(O)CCC5(C)C4CCC21C)c1ccccc1. The molecule has 2 spiro atoms. The number of nitrogens with one attached hydrogen (secondary N) is 1. The molecule has 3 fully saturated rings. The number of ketones is 1. The monoisotopic (exact) mass is 760 g/mol. The second-order valence-corrected chi connectivity index (χ2v) is 19.7. The molecule has 2 heterocycles. The average molecular weight is 761 g/mol. The van der Waals surface area contributed by atoms with Gasteiger partial charge < -0.3 is 20.4 Å². The Hall–Kier alpha value is -3.56.